The van der Waals surface area contributed by atoms with Crippen molar-refractivity contribution in [2.75, 3.05) is 11.9 Å². The van der Waals surface area contributed by atoms with Gasteiger partial charge in [0.1, 0.15) is 5.82 Å². The summed E-state index contributed by atoms with van der Waals surface area (Å²) in [5, 5.41) is 11.3. The van der Waals surface area contributed by atoms with Gasteiger partial charge in [0.15, 0.2) is 5.69 Å². The Hall–Kier alpha value is -1.08. The molecule has 0 saturated heterocycles. The first-order valence-electron chi connectivity index (χ1n) is 4.86. The number of aliphatic hydroxyl groups excluding tert-OH is 1. The average Bonchev–Trinajstić information content (AvgIpc) is 2.24. The van der Waals surface area contributed by atoms with Crippen LogP contribution in [-0.2, 0) is 6.18 Å². The summed E-state index contributed by atoms with van der Waals surface area (Å²) in [4.78, 5) is 6.66. The molecule has 0 saturated carbocycles. The van der Waals surface area contributed by atoms with Crippen LogP contribution in [0, 0.1) is 0 Å². The second-order valence-electron chi connectivity index (χ2n) is 3.35. The zero-order valence-electron chi connectivity index (χ0n) is 8.92. The van der Waals surface area contributed by atoms with Crippen LogP contribution < -0.4 is 5.32 Å². The smallest absolute Gasteiger partial charge is 0.391 e. The van der Waals surface area contributed by atoms with Gasteiger partial charge >= 0.3 is 6.18 Å². The molecule has 1 rings (SSSR count). The molecule has 0 radical (unpaired) electrons. The van der Waals surface area contributed by atoms with E-state index in [-0.39, 0.29) is 12.4 Å². The minimum atomic E-state index is -4.58. The lowest BCUT2D eigenvalue weighted by Crippen LogP contribution is -2.19. The summed E-state index contributed by atoms with van der Waals surface area (Å²) in [6.07, 6.45) is -4.75. The highest BCUT2D eigenvalue weighted by molar-refractivity contribution is 6.28. The van der Waals surface area contributed by atoms with Gasteiger partial charge in [-0.25, -0.2) is 9.97 Å². The van der Waals surface area contributed by atoms with E-state index in [1.807, 2.05) is 0 Å². The summed E-state index contributed by atoms with van der Waals surface area (Å²) in [5.41, 5.74) is -1.12. The second kappa shape index (κ2) is 5.50. The highest BCUT2D eigenvalue weighted by atomic mass is 35.5. The van der Waals surface area contributed by atoms with E-state index in [1.54, 1.807) is 6.92 Å². The lowest BCUT2D eigenvalue weighted by atomic mass is 10.3. The Morgan fingerprint density at radius 3 is 2.65 bits per heavy atom. The van der Waals surface area contributed by atoms with Crippen LogP contribution in [0.3, 0.4) is 0 Å². The van der Waals surface area contributed by atoms with E-state index < -0.39 is 23.3 Å². The highest BCUT2D eigenvalue weighted by Gasteiger charge is 2.33. The van der Waals surface area contributed by atoms with Crippen molar-refractivity contribution in [3.8, 4) is 0 Å². The first-order valence-corrected chi connectivity index (χ1v) is 5.24. The quantitative estimate of drug-likeness (QED) is 0.824. The van der Waals surface area contributed by atoms with Crippen molar-refractivity contribution < 1.29 is 18.3 Å². The van der Waals surface area contributed by atoms with Gasteiger partial charge in [0.25, 0.3) is 0 Å². The van der Waals surface area contributed by atoms with E-state index in [9.17, 15) is 18.3 Å². The Bertz CT molecular complexity index is 386. The number of halogens is 4. The SMILES string of the molecule is CCC(O)CNc1cc(C(F)(F)F)nc(Cl)n1. The Kier molecular flexibility index (Phi) is 4.53. The summed E-state index contributed by atoms with van der Waals surface area (Å²) in [6.45, 7) is 1.85. The summed E-state index contributed by atoms with van der Waals surface area (Å²) in [5.74, 6) is -0.0650. The molecule has 2 N–H and O–H groups in total. The molecule has 4 nitrogen and oxygen atoms in total. The molecule has 0 amide bonds. The van der Waals surface area contributed by atoms with E-state index in [2.05, 4.69) is 15.3 Å². The second-order valence-corrected chi connectivity index (χ2v) is 3.69. The molecule has 17 heavy (non-hydrogen) atoms. The standard InChI is InChI=1S/C9H11ClF3N3O/c1-2-5(17)4-14-7-3-6(9(11,12)13)15-8(10)16-7/h3,5,17H,2,4H2,1H3,(H,14,15,16). The van der Waals surface area contributed by atoms with Gasteiger partial charge in [-0.15, -0.1) is 0 Å². The van der Waals surface area contributed by atoms with Crippen molar-refractivity contribution in [2.24, 2.45) is 0 Å². The van der Waals surface area contributed by atoms with Crippen molar-refractivity contribution >= 4 is 17.4 Å². The van der Waals surface area contributed by atoms with E-state index in [1.165, 1.54) is 0 Å². The number of nitrogens with one attached hydrogen (secondary N) is 1. The lowest BCUT2D eigenvalue weighted by Gasteiger charge is -2.12. The Labute approximate surface area is 101 Å². The Morgan fingerprint density at radius 1 is 1.47 bits per heavy atom. The molecular weight excluding hydrogens is 259 g/mol. The van der Waals surface area contributed by atoms with Crippen molar-refractivity contribution in [1.82, 2.24) is 9.97 Å². The number of rotatable bonds is 4. The molecule has 96 valence electrons. The summed E-state index contributed by atoms with van der Waals surface area (Å²) in [6, 6.07) is 0.744. The van der Waals surface area contributed by atoms with Gasteiger partial charge in [0.05, 0.1) is 6.10 Å². The number of hydrogen-bond acceptors (Lipinski definition) is 4. The van der Waals surface area contributed by atoms with E-state index >= 15 is 0 Å². The highest BCUT2D eigenvalue weighted by Crippen LogP contribution is 2.29. The zero-order valence-corrected chi connectivity index (χ0v) is 9.68. The normalized spacial score (nSPS) is 13.5. The van der Waals surface area contributed by atoms with Crippen LogP contribution in [0.1, 0.15) is 19.0 Å². The van der Waals surface area contributed by atoms with Crippen molar-refractivity contribution in [1.29, 1.82) is 0 Å². The molecule has 1 aromatic rings. The molecule has 0 aliphatic heterocycles. The molecule has 0 aliphatic rings. The van der Waals surface area contributed by atoms with E-state index in [0.717, 1.165) is 6.07 Å². The maximum atomic E-state index is 12.4. The number of aliphatic hydroxyl groups is 1. The van der Waals surface area contributed by atoms with Crippen LogP contribution in [0.5, 0.6) is 0 Å². The van der Waals surface area contributed by atoms with Crippen LogP contribution in [0.25, 0.3) is 0 Å². The number of nitrogens with zero attached hydrogens (tertiary/aromatic N) is 2. The fraction of sp³-hybridized carbons (Fsp3) is 0.556. The first kappa shape index (κ1) is 14.0. The maximum absolute atomic E-state index is 12.4. The summed E-state index contributed by atoms with van der Waals surface area (Å²) >= 11 is 5.38. The maximum Gasteiger partial charge on any atom is 0.433 e. The molecule has 0 aromatic carbocycles. The number of aromatic nitrogens is 2. The molecule has 8 heteroatoms. The minimum absolute atomic E-state index is 0.0650. The Morgan fingerprint density at radius 2 is 2.12 bits per heavy atom. The predicted octanol–water partition coefficient (Wildman–Crippen LogP) is 2.33. The van der Waals surface area contributed by atoms with Gasteiger partial charge in [0, 0.05) is 12.6 Å². The molecule has 1 heterocycles. The molecule has 1 aromatic heterocycles. The summed E-state index contributed by atoms with van der Waals surface area (Å²) in [7, 11) is 0. The van der Waals surface area contributed by atoms with Crippen LogP contribution in [0.4, 0.5) is 19.0 Å². The fourth-order valence-electron chi connectivity index (χ4n) is 1.02. The zero-order chi connectivity index (χ0) is 13.1. The molecule has 0 aliphatic carbocycles. The first-order chi connectivity index (χ1) is 7.82. The van der Waals surface area contributed by atoms with Gasteiger partial charge in [-0.3, -0.25) is 0 Å². The van der Waals surface area contributed by atoms with Gasteiger partial charge in [-0.1, -0.05) is 6.92 Å². The molecule has 0 spiro atoms. The van der Waals surface area contributed by atoms with Gasteiger partial charge in [-0.05, 0) is 18.0 Å². The minimum Gasteiger partial charge on any atom is -0.391 e. The van der Waals surface area contributed by atoms with Crippen LogP contribution >= 0.6 is 11.6 Å². The van der Waals surface area contributed by atoms with Gasteiger partial charge < -0.3 is 10.4 Å². The van der Waals surface area contributed by atoms with Crippen LogP contribution in [-0.4, -0.2) is 27.7 Å². The number of anilines is 1. The molecular formula is C9H11ClF3N3O. The molecule has 1 atom stereocenters. The van der Waals surface area contributed by atoms with E-state index in [0.29, 0.717) is 6.42 Å². The van der Waals surface area contributed by atoms with Crippen molar-refractivity contribution in [2.45, 2.75) is 25.6 Å². The summed E-state index contributed by atoms with van der Waals surface area (Å²) < 4.78 is 37.2. The monoisotopic (exact) mass is 269 g/mol. The third-order valence-electron chi connectivity index (χ3n) is 1.98. The van der Waals surface area contributed by atoms with Crippen LogP contribution in [0.2, 0.25) is 5.28 Å². The molecule has 0 bridgehead atoms. The Balaban J connectivity index is 2.83. The average molecular weight is 270 g/mol. The molecule has 1 unspecified atom stereocenters. The topological polar surface area (TPSA) is 58.0 Å². The van der Waals surface area contributed by atoms with E-state index in [4.69, 9.17) is 11.6 Å². The van der Waals surface area contributed by atoms with Gasteiger partial charge in [-0.2, -0.15) is 13.2 Å². The van der Waals surface area contributed by atoms with Crippen LogP contribution in [0.15, 0.2) is 6.07 Å². The van der Waals surface area contributed by atoms with Crippen molar-refractivity contribution in [3.05, 3.63) is 17.0 Å². The fourth-order valence-corrected chi connectivity index (χ4v) is 1.20. The van der Waals surface area contributed by atoms with Crippen molar-refractivity contribution in [3.63, 3.8) is 0 Å². The molecule has 0 fully saturated rings. The van der Waals surface area contributed by atoms with Gasteiger partial charge in [0.2, 0.25) is 5.28 Å². The lowest BCUT2D eigenvalue weighted by molar-refractivity contribution is -0.141. The number of alkyl halides is 3. The third-order valence-corrected chi connectivity index (χ3v) is 2.15. The third kappa shape index (κ3) is 4.35. The number of hydrogen-bond donors (Lipinski definition) is 2. The largest absolute Gasteiger partial charge is 0.433 e. The predicted molar refractivity (Wildman–Crippen MR) is 56.8 cm³/mol.